The summed E-state index contributed by atoms with van der Waals surface area (Å²) in [6, 6.07) is 0. The fraction of sp³-hybridized carbons (Fsp3) is 0.769. The maximum Gasteiger partial charge on any atom is 0.317 e. The standard InChI is InChI=1S/C10H18O5.C3H6O/c1-5-14-9(12)10(3,6-13-4)7-15-8(2)11;1-3(2)4/h5-7H2,1-4H3;1-2H3. The Labute approximate surface area is 114 Å². The van der Waals surface area contributed by atoms with Crippen molar-refractivity contribution >= 4 is 17.7 Å². The van der Waals surface area contributed by atoms with E-state index in [0.717, 1.165) is 0 Å². The lowest BCUT2D eigenvalue weighted by Crippen LogP contribution is -2.39. The Morgan fingerprint density at radius 2 is 1.47 bits per heavy atom. The van der Waals surface area contributed by atoms with Gasteiger partial charge >= 0.3 is 11.9 Å². The van der Waals surface area contributed by atoms with Crippen molar-refractivity contribution in [2.24, 2.45) is 5.41 Å². The Hall–Kier alpha value is -1.43. The third-order valence-electron chi connectivity index (χ3n) is 1.83. The van der Waals surface area contributed by atoms with E-state index in [1.807, 2.05) is 0 Å². The Kier molecular flexibility index (Phi) is 11.0. The van der Waals surface area contributed by atoms with Crippen LogP contribution < -0.4 is 0 Å². The van der Waals surface area contributed by atoms with Crippen molar-refractivity contribution in [3.8, 4) is 0 Å². The van der Waals surface area contributed by atoms with Crippen LogP contribution in [0.5, 0.6) is 0 Å². The third-order valence-corrected chi connectivity index (χ3v) is 1.83. The van der Waals surface area contributed by atoms with Crippen LogP contribution >= 0.6 is 0 Å². The van der Waals surface area contributed by atoms with Crippen LogP contribution in [0, 0.1) is 5.41 Å². The number of rotatable bonds is 6. The first kappa shape index (κ1) is 19.9. The van der Waals surface area contributed by atoms with Crippen molar-refractivity contribution in [2.45, 2.75) is 34.6 Å². The van der Waals surface area contributed by atoms with Gasteiger partial charge in [-0.3, -0.25) is 9.59 Å². The molecule has 0 N–H and O–H groups in total. The fourth-order valence-electron chi connectivity index (χ4n) is 1.04. The van der Waals surface area contributed by atoms with Crippen LogP contribution in [0.3, 0.4) is 0 Å². The summed E-state index contributed by atoms with van der Waals surface area (Å²) in [6.07, 6.45) is 0. The normalized spacial score (nSPS) is 12.5. The highest BCUT2D eigenvalue weighted by atomic mass is 16.6. The van der Waals surface area contributed by atoms with Gasteiger partial charge in [-0.25, -0.2) is 0 Å². The molecule has 0 aliphatic heterocycles. The molecule has 0 aliphatic carbocycles. The number of ketones is 1. The molecule has 0 saturated heterocycles. The maximum absolute atomic E-state index is 11.6. The van der Waals surface area contributed by atoms with Crippen molar-refractivity contribution in [3.63, 3.8) is 0 Å². The van der Waals surface area contributed by atoms with Crippen molar-refractivity contribution in [1.29, 1.82) is 0 Å². The largest absolute Gasteiger partial charge is 0.465 e. The highest BCUT2D eigenvalue weighted by Crippen LogP contribution is 2.19. The van der Waals surface area contributed by atoms with E-state index < -0.39 is 17.4 Å². The Balaban J connectivity index is 0. The van der Waals surface area contributed by atoms with Gasteiger partial charge in [0.15, 0.2) is 0 Å². The second-order valence-corrected chi connectivity index (χ2v) is 4.40. The van der Waals surface area contributed by atoms with E-state index in [0.29, 0.717) is 0 Å². The van der Waals surface area contributed by atoms with E-state index in [1.54, 1.807) is 13.8 Å². The number of carbonyl (C=O) groups excluding carboxylic acids is 3. The highest BCUT2D eigenvalue weighted by molar-refractivity contribution is 5.77. The average molecular weight is 276 g/mol. The zero-order valence-electron chi connectivity index (χ0n) is 12.6. The molecule has 0 heterocycles. The van der Waals surface area contributed by atoms with E-state index in [4.69, 9.17) is 14.2 Å². The molecule has 0 saturated carbocycles. The lowest BCUT2D eigenvalue weighted by molar-refractivity contribution is -0.165. The molecular weight excluding hydrogens is 252 g/mol. The fourth-order valence-corrected chi connectivity index (χ4v) is 1.04. The highest BCUT2D eigenvalue weighted by Gasteiger charge is 2.36. The Morgan fingerprint density at radius 1 is 1.00 bits per heavy atom. The summed E-state index contributed by atoms with van der Waals surface area (Å²) in [6.45, 7) is 8.11. The van der Waals surface area contributed by atoms with Crippen molar-refractivity contribution in [1.82, 2.24) is 0 Å². The van der Waals surface area contributed by atoms with E-state index in [-0.39, 0.29) is 25.6 Å². The number of hydrogen-bond acceptors (Lipinski definition) is 6. The Morgan fingerprint density at radius 3 is 1.79 bits per heavy atom. The van der Waals surface area contributed by atoms with Gasteiger partial charge in [-0.1, -0.05) is 0 Å². The smallest absolute Gasteiger partial charge is 0.317 e. The topological polar surface area (TPSA) is 78.9 Å². The van der Waals surface area contributed by atoms with Gasteiger partial charge in [0, 0.05) is 14.0 Å². The molecule has 0 aromatic rings. The molecular formula is C13H24O6. The van der Waals surface area contributed by atoms with E-state index in [9.17, 15) is 14.4 Å². The van der Waals surface area contributed by atoms with Gasteiger partial charge in [0.25, 0.3) is 0 Å². The molecule has 0 aromatic carbocycles. The SMILES string of the molecule is CC(C)=O.CCOC(=O)C(C)(COC)COC(C)=O. The summed E-state index contributed by atoms with van der Waals surface area (Å²) in [5.74, 6) is -0.685. The molecule has 112 valence electrons. The zero-order valence-corrected chi connectivity index (χ0v) is 12.6. The van der Waals surface area contributed by atoms with Crippen LogP contribution in [0.15, 0.2) is 0 Å². The minimum atomic E-state index is -0.934. The summed E-state index contributed by atoms with van der Waals surface area (Å²) >= 11 is 0. The Bertz CT molecular complexity index is 296. The van der Waals surface area contributed by atoms with E-state index in [2.05, 4.69) is 0 Å². The van der Waals surface area contributed by atoms with Gasteiger partial charge in [-0.05, 0) is 27.7 Å². The van der Waals surface area contributed by atoms with Gasteiger partial charge in [0.05, 0.1) is 13.2 Å². The molecule has 6 nitrogen and oxygen atoms in total. The lowest BCUT2D eigenvalue weighted by atomic mass is 9.93. The van der Waals surface area contributed by atoms with Crippen LogP contribution in [0.4, 0.5) is 0 Å². The number of Topliss-reactive ketones (excluding diaryl/α,β-unsaturated/α-hetero) is 1. The van der Waals surface area contributed by atoms with Gasteiger partial charge in [-0.15, -0.1) is 0 Å². The summed E-state index contributed by atoms with van der Waals surface area (Å²) in [5.41, 5.74) is -0.934. The van der Waals surface area contributed by atoms with Gasteiger partial charge in [-0.2, -0.15) is 0 Å². The summed E-state index contributed by atoms with van der Waals surface area (Å²) in [5, 5.41) is 0. The van der Waals surface area contributed by atoms with Crippen LogP contribution in [0.1, 0.15) is 34.6 Å². The molecule has 0 amide bonds. The van der Waals surface area contributed by atoms with Gasteiger partial charge < -0.3 is 19.0 Å². The molecule has 0 rings (SSSR count). The van der Waals surface area contributed by atoms with Crippen molar-refractivity contribution in [3.05, 3.63) is 0 Å². The monoisotopic (exact) mass is 276 g/mol. The number of hydrogen-bond donors (Lipinski definition) is 0. The first-order valence-corrected chi connectivity index (χ1v) is 5.96. The van der Waals surface area contributed by atoms with Gasteiger partial charge in [0.1, 0.15) is 17.8 Å². The molecule has 0 bridgehead atoms. The molecule has 0 fully saturated rings. The molecule has 0 aliphatic rings. The first-order chi connectivity index (χ1) is 8.69. The first-order valence-electron chi connectivity index (χ1n) is 5.96. The zero-order chi connectivity index (χ0) is 15.5. The summed E-state index contributed by atoms with van der Waals surface area (Å²) < 4.78 is 14.6. The summed E-state index contributed by atoms with van der Waals surface area (Å²) in [4.78, 5) is 31.7. The van der Waals surface area contributed by atoms with Gasteiger partial charge in [0.2, 0.25) is 0 Å². The summed E-state index contributed by atoms with van der Waals surface area (Å²) in [7, 11) is 1.48. The van der Waals surface area contributed by atoms with Crippen LogP contribution in [-0.2, 0) is 28.6 Å². The maximum atomic E-state index is 11.6. The molecule has 0 radical (unpaired) electrons. The number of esters is 2. The minimum Gasteiger partial charge on any atom is -0.465 e. The number of methoxy groups -OCH3 is 1. The number of carbonyl (C=O) groups is 3. The molecule has 0 aromatic heterocycles. The van der Waals surface area contributed by atoms with Crippen molar-refractivity contribution < 1.29 is 28.6 Å². The van der Waals surface area contributed by atoms with Crippen LogP contribution in [0.2, 0.25) is 0 Å². The average Bonchev–Trinajstić information content (AvgIpc) is 2.26. The van der Waals surface area contributed by atoms with Crippen LogP contribution in [0.25, 0.3) is 0 Å². The predicted molar refractivity (Wildman–Crippen MR) is 69.6 cm³/mol. The predicted octanol–water partition coefficient (Wildman–Crippen LogP) is 1.36. The van der Waals surface area contributed by atoms with E-state index in [1.165, 1.54) is 27.9 Å². The minimum absolute atomic E-state index is 0.0327. The second-order valence-electron chi connectivity index (χ2n) is 4.40. The molecule has 1 atom stereocenters. The molecule has 6 heteroatoms. The number of ether oxygens (including phenoxy) is 3. The quantitative estimate of drug-likeness (QED) is 0.682. The molecule has 1 unspecified atom stereocenters. The lowest BCUT2D eigenvalue weighted by Gasteiger charge is -2.25. The third kappa shape index (κ3) is 11.4. The molecule has 19 heavy (non-hydrogen) atoms. The molecule has 0 spiro atoms. The van der Waals surface area contributed by atoms with E-state index >= 15 is 0 Å². The van der Waals surface area contributed by atoms with Crippen LogP contribution in [-0.4, -0.2) is 44.7 Å². The second kappa shape index (κ2) is 10.5. The van der Waals surface area contributed by atoms with Crippen molar-refractivity contribution in [2.75, 3.05) is 26.9 Å².